The highest BCUT2D eigenvalue weighted by Crippen LogP contribution is 2.31. The van der Waals surface area contributed by atoms with Crippen LogP contribution < -0.4 is 5.32 Å². The van der Waals surface area contributed by atoms with Gasteiger partial charge in [0.2, 0.25) is 5.82 Å². The van der Waals surface area contributed by atoms with E-state index in [1.165, 1.54) is 11.1 Å². The summed E-state index contributed by atoms with van der Waals surface area (Å²) in [5, 5.41) is 14.8. The molecule has 9 nitrogen and oxygen atoms in total. The van der Waals surface area contributed by atoms with Crippen LogP contribution in [0.3, 0.4) is 0 Å². The van der Waals surface area contributed by atoms with E-state index in [9.17, 15) is 13.2 Å². The second kappa shape index (κ2) is 8.62. The van der Waals surface area contributed by atoms with Crippen LogP contribution in [0, 0.1) is 13.8 Å². The number of hydrogen-bond donors (Lipinski definition) is 2. The monoisotopic (exact) mass is 460 g/mol. The minimum atomic E-state index is -5.08. The maximum absolute atomic E-state index is 10.6. The van der Waals surface area contributed by atoms with E-state index >= 15 is 0 Å². The van der Waals surface area contributed by atoms with Crippen molar-refractivity contribution in [2.24, 2.45) is 0 Å². The zero-order chi connectivity index (χ0) is 23.8. The van der Waals surface area contributed by atoms with Crippen molar-refractivity contribution in [2.45, 2.75) is 33.0 Å². The molecule has 4 aromatic rings. The van der Waals surface area contributed by atoms with Crippen molar-refractivity contribution in [3.63, 3.8) is 0 Å². The number of pyridine rings is 2. The van der Waals surface area contributed by atoms with Gasteiger partial charge in [0, 0.05) is 30.2 Å². The summed E-state index contributed by atoms with van der Waals surface area (Å²) in [7, 11) is 0. The van der Waals surface area contributed by atoms with E-state index in [0.29, 0.717) is 11.7 Å². The summed E-state index contributed by atoms with van der Waals surface area (Å²) in [6.45, 7) is 5.72. The molecule has 0 aromatic carbocycles. The van der Waals surface area contributed by atoms with Crippen LogP contribution in [0.1, 0.15) is 22.5 Å². The minimum absolute atomic E-state index is 0.474. The first-order valence-corrected chi connectivity index (χ1v) is 9.93. The van der Waals surface area contributed by atoms with Gasteiger partial charge in [0.25, 0.3) is 5.89 Å². The molecule has 0 aliphatic carbocycles. The molecule has 12 heteroatoms. The Labute approximate surface area is 185 Å². The van der Waals surface area contributed by atoms with E-state index < -0.39 is 12.1 Å². The van der Waals surface area contributed by atoms with E-state index in [-0.39, 0.29) is 0 Å². The van der Waals surface area contributed by atoms with Gasteiger partial charge in [-0.05, 0) is 50.1 Å². The molecule has 0 atom stereocenters. The van der Waals surface area contributed by atoms with E-state index in [0.717, 1.165) is 47.8 Å². The molecule has 4 aromatic heterocycles. The first-order valence-electron chi connectivity index (χ1n) is 9.93. The van der Waals surface area contributed by atoms with Crippen LogP contribution in [-0.4, -0.2) is 48.3 Å². The lowest BCUT2D eigenvalue weighted by atomic mass is 9.95. The Hall–Kier alpha value is -3.80. The van der Waals surface area contributed by atoms with E-state index in [2.05, 4.69) is 20.4 Å². The largest absolute Gasteiger partial charge is 0.490 e. The number of carboxylic acids is 1. The Bertz CT molecular complexity index is 1330. The van der Waals surface area contributed by atoms with Crippen LogP contribution in [0.4, 0.5) is 13.2 Å². The molecule has 5 heterocycles. The van der Waals surface area contributed by atoms with Gasteiger partial charge in [0.1, 0.15) is 11.3 Å². The zero-order valence-electron chi connectivity index (χ0n) is 17.6. The molecule has 5 rings (SSSR count). The molecule has 33 heavy (non-hydrogen) atoms. The molecule has 0 unspecified atom stereocenters. The first kappa shape index (κ1) is 22.4. The molecule has 2 N–H and O–H groups in total. The fourth-order valence-electron chi connectivity index (χ4n) is 3.66. The SMILES string of the molecule is Cc1ncc2c(c1-c1noc(-c3c(C)nc4ccccn34)n1)CCNC2.O=C(O)C(F)(F)F. The third kappa shape index (κ3) is 4.42. The number of hydrogen-bond acceptors (Lipinski definition) is 7. The number of nitrogens with one attached hydrogen (secondary N) is 1. The average molecular weight is 460 g/mol. The maximum atomic E-state index is 10.6. The maximum Gasteiger partial charge on any atom is 0.490 e. The molecule has 0 spiro atoms. The van der Waals surface area contributed by atoms with Gasteiger partial charge in [-0.25, -0.2) is 9.78 Å². The minimum Gasteiger partial charge on any atom is -0.475 e. The van der Waals surface area contributed by atoms with Gasteiger partial charge in [-0.3, -0.25) is 9.38 Å². The third-order valence-corrected chi connectivity index (χ3v) is 5.13. The fraction of sp³-hybridized carbons (Fsp3) is 0.286. The van der Waals surface area contributed by atoms with Crippen LogP contribution in [-0.2, 0) is 17.8 Å². The summed E-state index contributed by atoms with van der Waals surface area (Å²) >= 11 is 0. The van der Waals surface area contributed by atoms with Crippen LogP contribution in [0.2, 0.25) is 0 Å². The second-order valence-corrected chi connectivity index (χ2v) is 7.35. The van der Waals surface area contributed by atoms with E-state index in [1.54, 1.807) is 0 Å². The fourth-order valence-corrected chi connectivity index (χ4v) is 3.66. The Kier molecular flexibility index (Phi) is 5.85. The number of rotatable bonds is 2. The van der Waals surface area contributed by atoms with Gasteiger partial charge in [-0.15, -0.1) is 0 Å². The molecule has 0 bridgehead atoms. The van der Waals surface area contributed by atoms with Crippen molar-refractivity contribution in [3.8, 4) is 23.0 Å². The number of aliphatic carboxylic acids is 1. The van der Waals surface area contributed by atoms with Gasteiger partial charge in [-0.2, -0.15) is 18.2 Å². The number of aryl methyl sites for hydroxylation is 2. The zero-order valence-corrected chi connectivity index (χ0v) is 17.6. The number of nitrogens with zero attached hydrogens (tertiary/aromatic N) is 5. The van der Waals surface area contributed by atoms with Crippen molar-refractivity contribution in [1.82, 2.24) is 29.8 Å². The average Bonchev–Trinajstić information content (AvgIpc) is 3.36. The van der Waals surface area contributed by atoms with E-state index in [1.807, 2.05) is 48.8 Å². The standard InChI is InChI=1S/C19H18N6O.C2HF3O2/c1-11-16(14-6-7-20-9-13(14)10-21-11)18-23-19(26-24-18)17-12(2)22-15-5-3-4-8-25(15)17;3-2(4,5)1(6)7/h3-5,8,10,20H,6-7,9H2,1-2H3;(H,6,7). The number of halogens is 3. The highest BCUT2D eigenvalue weighted by atomic mass is 19.4. The topological polar surface area (TPSA) is 118 Å². The number of fused-ring (bicyclic) bond motifs is 2. The van der Waals surface area contributed by atoms with Gasteiger partial charge in [0.15, 0.2) is 0 Å². The first-order chi connectivity index (χ1) is 15.7. The summed E-state index contributed by atoms with van der Waals surface area (Å²) < 4.78 is 39.3. The molecule has 1 aliphatic heterocycles. The van der Waals surface area contributed by atoms with Crippen LogP contribution in [0.15, 0.2) is 35.1 Å². The smallest absolute Gasteiger partial charge is 0.475 e. The Balaban J connectivity index is 0.000000325. The van der Waals surface area contributed by atoms with E-state index in [4.69, 9.17) is 19.4 Å². The Morgan fingerprint density at radius 2 is 1.97 bits per heavy atom. The molecule has 0 amide bonds. The van der Waals surface area contributed by atoms with Gasteiger partial charge in [0.05, 0.1) is 5.69 Å². The normalized spacial score (nSPS) is 13.4. The highest BCUT2D eigenvalue weighted by Gasteiger charge is 2.38. The van der Waals surface area contributed by atoms with Crippen molar-refractivity contribution in [1.29, 1.82) is 0 Å². The second-order valence-electron chi connectivity index (χ2n) is 7.35. The van der Waals surface area contributed by atoms with Gasteiger partial charge in [-0.1, -0.05) is 11.2 Å². The summed E-state index contributed by atoms with van der Waals surface area (Å²) in [6.07, 6.45) is -0.250. The number of carbonyl (C=O) groups is 1. The summed E-state index contributed by atoms with van der Waals surface area (Å²) in [5.41, 5.74) is 6.93. The van der Waals surface area contributed by atoms with Crippen molar-refractivity contribution in [3.05, 3.63) is 53.1 Å². The lowest BCUT2D eigenvalue weighted by Gasteiger charge is -2.19. The third-order valence-electron chi connectivity index (χ3n) is 5.13. The van der Waals surface area contributed by atoms with Crippen molar-refractivity contribution < 1.29 is 27.6 Å². The molecular weight excluding hydrogens is 441 g/mol. The molecule has 0 fully saturated rings. The molecular formula is C21H19F3N6O3. The van der Waals surface area contributed by atoms with Crippen molar-refractivity contribution in [2.75, 3.05) is 6.54 Å². The number of imidazole rings is 1. The summed E-state index contributed by atoms with van der Waals surface area (Å²) in [5.74, 6) is -1.69. The Morgan fingerprint density at radius 3 is 2.70 bits per heavy atom. The molecule has 0 saturated carbocycles. The Morgan fingerprint density at radius 1 is 1.21 bits per heavy atom. The van der Waals surface area contributed by atoms with Gasteiger partial charge < -0.3 is 14.9 Å². The summed E-state index contributed by atoms with van der Waals surface area (Å²) in [6, 6.07) is 5.89. The van der Waals surface area contributed by atoms with Crippen LogP contribution in [0.25, 0.3) is 28.6 Å². The predicted octanol–water partition coefficient (Wildman–Crippen LogP) is 3.34. The highest BCUT2D eigenvalue weighted by molar-refractivity contribution is 5.73. The predicted molar refractivity (Wildman–Crippen MR) is 110 cm³/mol. The number of carboxylic acid groups (broad SMARTS) is 1. The molecule has 0 radical (unpaired) electrons. The molecule has 1 aliphatic rings. The van der Waals surface area contributed by atoms with Crippen LogP contribution >= 0.6 is 0 Å². The number of alkyl halides is 3. The number of aromatic nitrogens is 5. The van der Waals surface area contributed by atoms with Crippen molar-refractivity contribution >= 4 is 11.6 Å². The summed E-state index contributed by atoms with van der Waals surface area (Å²) in [4.78, 5) is 22.7. The molecule has 0 saturated heterocycles. The lowest BCUT2D eigenvalue weighted by molar-refractivity contribution is -0.192. The lowest BCUT2D eigenvalue weighted by Crippen LogP contribution is -2.24. The van der Waals surface area contributed by atoms with Gasteiger partial charge >= 0.3 is 12.1 Å². The quantitative estimate of drug-likeness (QED) is 0.468. The van der Waals surface area contributed by atoms with Crippen LogP contribution in [0.5, 0.6) is 0 Å². The molecule has 172 valence electrons.